The van der Waals surface area contributed by atoms with Crippen molar-refractivity contribution in [1.29, 1.82) is 0 Å². The lowest BCUT2D eigenvalue weighted by molar-refractivity contribution is -0.126. The largest absolute Gasteiger partial charge is 0.495 e. The Labute approximate surface area is 143 Å². The number of carbonyl (C=O) groups is 2. The SMILES string of the molecule is CCN(CC)CCNC(=O)C1CC(=O)N(c2ccccc2OC)C1. The molecule has 1 aromatic rings. The molecular formula is C18H27N3O3. The number of rotatable bonds is 8. The Bertz CT molecular complexity index is 572. The van der Waals surface area contributed by atoms with Crippen LogP contribution in [0.25, 0.3) is 0 Å². The second kappa shape index (κ2) is 8.68. The second-order valence-corrected chi connectivity index (χ2v) is 5.90. The fourth-order valence-electron chi connectivity index (χ4n) is 2.99. The van der Waals surface area contributed by atoms with Gasteiger partial charge in [0, 0.05) is 26.1 Å². The van der Waals surface area contributed by atoms with E-state index in [2.05, 4.69) is 24.1 Å². The van der Waals surface area contributed by atoms with Crippen LogP contribution < -0.4 is 15.0 Å². The maximum Gasteiger partial charge on any atom is 0.227 e. The molecule has 6 nitrogen and oxygen atoms in total. The zero-order chi connectivity index (χ0) is 17.5. The van der Waals surface area contributed by atoms with Crippen LogP contribution in [0.2, 0.25) is 0 Å². The van der Waals surface area contributed by atoms with Crippen molar-refractivity contribution in [3.05, 3.63) is 24.3 Å². The predicted molar refractivity (Wildman–Crippen MR) is 94.3 cm³/mol. The van der Waals surface area contributed by atoms with Gasteiger partial charge in [0.15, 0.2) is 0 Å². The van der Waals surface area contributed by atoms with E-state index in [4.69, 9.17) is 4.74 Å². The van der Waals surface area contributed by atoms with Crippen molar-refractivity contribution < 1.29 is 14.3 Å². The molecule has 1 saturated heterocycles. The van der Waals surface area contributed by atoms with E-state index in [1.807, 2.05) is 24.3 Å². The van der Waals surface area contributed by atoms with Crippen LogP contribution in [0.4, 0.5) is 5.69 Å². The van der Waals surface area contributed by atoms with E-state index in [0.717, 1.165) is 25.3 Å². The third kappa shape index (κ3) is 4.26. The van der Waals surface area contributed by atoms with Crippen LogP contribution in [-0.2, 0) is 9.59 Å². The molecule has 0 radical (unpaired) electrons. The molecule has 6 heteroatoms. The van der Waals surface area contributed by atoms with Crippen molar-refractivity contribution in [3.8, 4) is 5.75 Å². The van der Waals surface area contributed by atoms with Crippen LogP contribution >= 0.6 is 0 Å². The molecule has 24 heavy (non-hydrogen) atoms. The summed E-state index contributed by atoms with van der Waals surface area (Å²) < 4.78 is 5.32. The number of carbonyl (C=O) groups excluding carboxylic acids is 2. The summed E-state index contributed by atoms with van der Waals surface area (Å²) in [4.78, 5) is 28.6. The lowest BCUT2D eigenvalue weighted by Crippen LogP contribution is -2.38. The van der Waals surface area contributed by atoms with Crippen molar-refractivity contribution >= 4 is 17.5 Å². The van der Waals surface area contributed by atoms with Crippen LogP contribution in [-0.4, -0.2) is 56.5 Å². The van der Waals surface area contributed by atoms with Gasteiger partial charge in [-0.15, -0.1) is 0 Å². The van der Waals surface area contributed by atoms with Crippen molar-refractivity contribution in [3.63, 3.8) is 0 Å². The molecule has 2 amide bonds. The highest BCUT2D eigenvalue weighted by molar-refractivity contribution is 6.01. The maximum atomic E-state index is 12.3. The minimum absolute atomic E-state index is 0.0385. The lowest BCUT2D eigenvalue weighted by Gasteiger charge is -2.20. The third-order valence-electron chi connectivity index (χ3n) is 4.49. The Balaban J connectivity index is 1.93. The molecule has 0 aliphatic carbocycles. The summed E-state index contributed by atoms with van der Waals surface area (Å²) in [5, 5.41) is 2.95. The van der Waals surface area contributed by atoms with Crippen molar-refractivity contribution in [2.24, 2.45) is 5.92 Å². The summed E-state index contributed by atoms with van der Waals surface area (Å²) in [5.41, 5.74) is 0.725. The highest BCUT2D eigenvalue weighted by Crippen LogP contribution is 2.32. The number of nitrogens with zero attached hydrogens (tertiary/aromatic N) is 2. The second-order valence-electron chi connectivity index (χ2n) is 5.90. The van der Waals surface area contributed by atoms with Crippen LogP contribution in [0, 0.1) is 5.92 Å². The van der Waals surface area contributed by atoms with Gasteiger partial charge >= 0.3 is 0 Å². The molecular weight excluding hydrogens is 306 g/mol. The van der Waals surface area contributed by atoms with Gasteiger partial charge in [-0.3, -0.25) is 9.59 Å². The number of hydrogen-bond donors (Lipinski definition) is 1. The van der Waals surface area contributed by atoms with E-state index in [9.17, 15) is 9.59 Å². The standard InChI is InChI=1S/C18H27N3O3/c1-4-20(5-2)11-10-19-18(23)14-12-17(22)21(13-14)15-8-6-7-9-16(15)24-3/h6-9,14H,4-5,10-13H2,1-3H3,(H,19,23). The number of para-hydroxylation sites is 2. The molecule has 1 N–H and O–H groups in total. The van der Waals surface area contributed by atoms with Crippen molar-refractivity contribution in [2.45, 2.75) is 20.3 Å². The van der Waals surface area contributed by atoms with Gasteiger partial charge in [-0.2, -0.15) is 0 Å². The van der Waals surface area contributed by atoms with Crippen molar-refractivity contribution in [2.75, 3.05) is 44.7 Å². The monoisotopic (exact) mass is 333 g/mol. The van der Waals surface area contributed by atoms with E-state index in [1.54, 1.807) is 12.0 Å². The average Bonchev–Trinajstić information content (AvgIpc) is 3.00. The van der Waals surface area contributed by atoms with Gasteiger partial charge in [-0.1, -0.05) is 26.0 Å². The van der Waals surface area contributed by atoms with E-state index >= 15 is 0 Å². The van der Waals surface area contributed by atoms with Gasteiger partial charge in [0.05, 0.1) is 18.7 Å². The molecule has 2 rings (SSSR count). The van der Waals surface area contributed by atoms with Gasteiger partial charge < -0.3 is 19.9 Å². The molecule has 0 spiro atoms. The molecule has 1 heterocycles. The van der Waals surface area contributed by atoms with E-state index in [0.29, 0.717) is 18.8 Å². The summed E-state index contributed by atoms with van der Waals surface area (Å²) >= 11 is 0. The molecule has 0 bridgehead atoms. The minimum atomic E-state index is -0.306. The number of amides is 2. The number of ether oxygens (including phenoxy) is 1. The first-order valence-corrected chi connectivity index (χ1v) is 8.54. The molecule has 1 aliphatic rings. The smallest absolute Gasteiger partial charge is 0.227 e. The highest BCUT2D eigenvalue weighted by atomic mass is 16.5. The summed E-state index contributed by atoms with van der Waals surface area (Å²) in [5.74, 6) is 0.254. The van der Waals surface area contributed by atoms with Gasteiger partial charge in [0.25, 0.3) is 0 Å². The first kappa shape index (κ1) is 18.3. The maximum absolute atomic E-state index is 12.3. The Morgan fingerprint density at radius 2 is 2.04 bits per heavy atom. The summed E-state index contributed by atoms with van der Waals surface area (Å²) in [6.07, 6.45) is 0.245. The number of hydrogen-bond acceptors (Lipinski definition) is 4. The predicted octanol–water partition coefficient (Wildman–Crippen LogP) is 1.51. The van der Waals surface area contributed by atoms with Crippen LogP contribution in [0.1, 0.15) is 20.3 Å². The minimum Gasteiger partial charge on any atom is -0.495 e. The average molecular weight is 333 g/mol. The normalized spacial score (nSPS) is 17.4. The molecule has 1 aromatic carbocycles. The van der Waals surface area contributed by atoms with Crippen LogP contribution in [0.3, 0.4) is 0 Å². The van der Waals surface area contributed by atoms with Gasteiger partial charge in [-0.05, 0) is 25.2 Å². The first-order valence-electron chi connectivity index (χ1n) is 8.54. The molecule has 132 valence electrons. The molecule has 1 aliphatic heterocycles. The number of likely N-dealkylation sites (N-methyl/N-ethyl adjacent to an activating group) is 1. The summed E-state index contributed by atoms with van der Waals surface area (Å²) in [6.45, 7) is 7.98. The van der Waals surface area contributed by atoms with Crippen LogP contribution in [0.15, 0.2) is 24.3 Å². The highest BCUT2D eigenvalue weighted by Gasteiger charge is 2.36. The van der Waals surface area contributed by atoms with Crippen molar-refractivity contribution in [1.82, 2.24) is 10.2 Å². The van der Waals surface area contributed by atoms with E-state index < -0.39 is 0 Å². The van der Waals surface area contributed by atoms with E-state index in [1.165, 1.54) is 0 Å². The Morgan fingerprint density at radius 1 is 1.33 bits per heavy atom. The fraction of sp³-hybridized carbons (Fsp3) is 0.556. The number of nitrogens with one attached hydrogen (secondary N) is 1. The molecule has 1 unspecified atom stereocenters. The zero-order valence-electron chi connectivity index (χ0n) is 14.7. The summed E-state index contributed by atoms with van der Waals surface area (Å²) in [6, 6.07) is 7.39. The van der Waals surface area contributed by atoms with Gasteiger partial charge in [0.2, 0.25) is 11.8 Å². The summed E-state index contributed by atoms with van der Waals surface area (Å²) in [7, 11) is 1.58. The molecule has 0 saturated carbocycles. The molecule has 1 fully saturated rings. The number of anilines is 1. The van der Waals surface area contributed by atoms with Crippen LogP contribution in [0.5, 0.6) is 5.75 Å². The number of methoxy groups -OCH3 is 1. The Hall–Kier alpha value is -2.08. The number of benzene rings is 1. The Morgan fingerprint density at radius 3 is 2.71 bits per heavy atom. The zero-order valence-corrected chi connectivity index (χ0v) is 14.7. The Kier molecular flexibility index (Phi) is 6.61. The molecule has 1 atom stereocenters. The quantitative estimate of drug-likeness (QED) is 0.783. The third-order valence-corrected chi connectivity index (χ3v) is 4.49. The van der Waals surface area contributed by atoms with E-state index in [-0.39, 0.29) is 24.2 Å². The topological polar surface area (TPSA) is 61.9 Å². The fourth-order valence-corrected chi connectivity index (χ4v) is 2.99. The lowest BCUT2D eigenvalue weighted by atomic mass is 10.1. The van der Waals surface area contributed by atoms with Gasteiger partial charge in [-0.25, -0.2) is 0 Å². The first-order chi connectivity index (χ1) is 11.6. The van der Waals surface area contributed by atoms with Gasteiger partial charge in [0.1, 0.15) is 5.75 Å². The molecule has 0 aromatic heterocycles.